The van der Waals surface area contributed by atoms with Crippen LogP contribution in [0.2, 0.25) is 0 Å². The topological polar surface area (TPSA) is 4.93 Å². The maximum atomic E-state index is 2.45. The molecule has 0 spiro atoms. The first-order valence-corrected chi connectivity index (χ1v) is 35.1. The van der Waals surface area contributed by atoms with E-state index in [0.717, 1.165) is 6.42 Å². The van der Waals surface area contributed by atoms with Crippen LogP contribution in [-0.4, -0.2) is 4.57 Å². The van der Waals surface area contributed by atoms with Gasteiger partial charge in [-0.15, -0.1) is 45.3 Å². The van der Waals surface area contributed by atoms with Crippen molar-refractivity contribution in [1.29, 1.82) is 0 Å². The van der Waals surface area contributed by atoms with Gasteiger partial charge in [0.25, 0.3) is 0 Å². The van der Waals surface area contributed by atoms with Gasteiger partial charge in [-0.2, -0.15) is 0 Å². The molecule has 1 aliphatic carbocycles. The Kier molecular flexibility index (Phi) is 13.4. The lowest BCUT2D eigenvalue weighted by molar-refractivity contribution is 1.18. The van der Waals surface area contributed by atoms with Gasteiger partial charge >= 0.3 is 0 Å². The predicted octanol–water partition coefficient (Wildman–Crippen LogP) is 26.5. The summed E-state index contributed by atoms with van der Waals surface area (Å²) in [5, 5.41) is 13.3. The molecular formula is C85H52INS4. The highest BCUT2D eigenvalue weighted by molar-refractivity contribution is 14.1. The molecule has 1 aliphatic rings. The van der Waals surface area contributed by atoms with E-state index in [1.165, 1.54) is 179 Å². The molecule has 6 heteroatoms. The summed E-state index contributed by atoms with van der Waals surface area (Å²) in [7, 11) is 0. The minimum atomic E-state index is 0.983. The van der Waals surface area contributed by atoms with Gasteiger partial charge in [-0.3, -0.25) is 0 Å². The maximum Gasteiger partial charge on any atom is 0.0547 e. The molecule has 0 fully saturated rings. The van der Waals surface area contributed by atoms with Crippen molar-refractivity contribution < 1.29 is 0 Å². The highest BCUT2D eigenvalue weighted by atomic mass is 127. The number of rotatable bonds is 5. The molecule has 0 saturated heterocycles. The predicted molar refractivity (Wildman–Crippen MR) is 408 cm³/mol. The minimum absolute atomic E-state index is 0.983. The molecule has 0 aliphatic heterocycles. The van der Waals surface area contributed by atoms with E-state index in [-0.39, 0.29) is 0 Å². The van der Waals surface area contributed by atoms with Gasteiger partial charge in [0.1, 0.15) is 0 Å². The Morgan fingerprint density at radius 1 is 0.242 bits per heavy atom. The molecule has 0 N–H and O–H groups in total. The van der Waals surface area contributed by atoms with Gasteiger partial charge in [0.2, 0.25) is 0 Å². The highest BCUT2D eigenvalue weighted by Gasteiger charge is 2.23. The Morgan fingerprint density at radius 3 is 0.901 bits per heavy atom. The van der Waals surface area contributed by atoms with Crippen LogP contribution in [0.4, 0.5) is 0 Å². The normalized spacial score (nSPS) is 12.0. The van der Waals surface area contributed by atoms with Crippen LogP contribution in [0, 0.1) is 3.57 Å². The third-order valence-corrected chi connectivity index (χ3v) is 23.9. The van der Waals surface area contributed by atoms with Crippen molar-refractivity contribution in [3.8, 4) is 61.3 Å². The fourth-order valence-corrected chi connectivity index (χ4v) is 19.4. The van der Waals surface area contributed by atoms with Crippen LogP contribution in [0.1, 0.15) is 11.1 Å². The molecule has 1 nitrogen and oxygen atoms in total. The number of fused-ring (bicyclic) bond motifs is 18. The molecule has 0 unspecified atom stereocenters. The quantitative estimate of drug-likeness (QED) is 0.151. The average Bonchev–Trinajstić information content (AvgIpc) is 1.67. The van der Waals surface area contributed by atoms with Crippen LogP contribution >= 0.6 is 67.9 Å². The van der Waals surface area contributed by atoms with Crippen LogP contribution in [0.5, 0.6) is 0 Å². The molecule has 0 bridgehead atoms. The molecular weight excluding hydrogens is 1290 g/mol. The standard InChI is InChI=1S/C42H25NS2.C37H22S2.C6H5I/c1-2-10-28(11-3-1)43-37-24-26(29-14-8-16-35-33-12-4-6-18-39(33)44-41(29)35)20-22-31(37)32-23-21-27(25-38(32)43)30-15-9-17-36-34-13-5-7-19-40(34)45-42(30)36;1-3-13-34-30(7-1)32-11-5-9-28(36(32)38-34)22-15-17-26-24(19-22)21-25-20-23(16-18-27(25)26)29-10-6-12-33-31-8-2-4-14-35(31)39-37(29)33;7-6-4-2-1-3-5-6/h1-25H;1-20H,21H2;1-5H. The summed E-state index contributed by atoms with van der Waals surface area (Å²) in [6, 6.07) is 111. The summed E-state index contributed by atoms with van der Waals surface area (Å²) in [6.45, 7) is 0. The Morgan fingerprint density at radius 2 is 0.549 bits per heavy atom. The number of para-hydroxylation sites is 1. The smallest absolute Gasteiger partial charge is 0.0547 e. The largest absolute Gasteiger partial charge is 0.309 e. The van der Waals surface area contributed by atoms with Crippen molar-refractivity contribution in [1.82, 2.24) is 4.57 Å². The van der Waals surface area contributed by atoms with Crippen LogP contribution in [-0.2, 0) is 6.42 Å². The lowest BCUT2D eigenvalue weighted by atomic mass is 9.97. The second-order valence-electron chi connectivity index (χ2n) is 23.5. The third kappa shape index (κ3) is 9.33. The molecule has 19 aromatic rings. The summed E-state index contributed by atoms with van der Waals surface area (Å²) in [4.78, 5) is 0. The van der Waals surface area contributed by atoms with Crippen molar-refractivity contribution in [2.75, 3.05) is 0 Å². The summed E-state index contributed by atoms with van der Waals surface area (Å²) < 4.78 is 14.6. The number of aromatic nitrogens is 1. The van der Waals surface area contributed by atoms with Crippen LogP contribution in [0.15, 0.2) is 303 Å². The van der Waals surface area contributed by atoms with E-state index in [9.17, 15) is 0 Å². The second kappa shape index (κ2) is 22.5. The first-order valence-electron chi connectivity index (χ1n) is 30.8. The fraction of sp³-hybridized carbons (Fsp3) is 0.0118. The Labute approximate surface area is 555 Å². The van der Waals surface area contributed by atoms with Crippen molar-refractivity contribution >= 4 is 170 Å². The summed E-state index contributed by atoms with van der Waals surface area (Å²) in [5.74, 6) is 0. The van der Waals surface area contributed by atoms with Crippen LogP contribution in [0.3, 0.4) is 0 Å². The van der Waals surface area contributed by atoms with Gasteiger partial charge in [-0.05, 0) is 156 Å². The van der Waals surface area contributed by atoms with Gasteiger partial charge in [0.05, 0.1) is 11.0 Å². The molecule has 5 aromatic heterocycles. The van der Waals surface area contributed by atoms with E-state index >= 15 is 0 Å². The minimum Gasteiger partial charge on any atom is -0.309 e. The highest BCUT2D eigenvalue weighted by Crippen LogP contribution is 2.48. The van der Waals surface area contributed by atoms with E-state index in [1.54, 1.807) is 0 Å². The van der Waals surface area contributed by atoms with Gasteiger partial charge < -0.3 is 4.57 Å². The molecule has 0 amide bonds. The van der Waals surface area contributed by atoms with E-state index in [2.05, 4.69) is 312 Å². The first kappa shape index (κ1) is 54.4. The number of hydrogen-bond acceptors (Lipinski definition) is 4. The zero-order valence-corrected chi connectivity index (χ0v) is 54.5. The number of halogens is 1. The SMILES string of the molecule is Ic1ccccc1.c1ccc(-n2c3cc(-c4cccc5c4sc4ccccc45)ccc3c3ccc(-c4cccc5c4sc4ccccc45)cc32)cc1.c1ccc2c(c1)sc1c(-c3ccc4c(c3)Cc3cc(-c5cccc6c5sc5ccccc56)ccc3-4)cccc12. The monoisotopic (exact) mass is 1340 g/mol. The molecule has 91 heavy (non-hydrogen) atoms. The lowest BCUT2D eigenvalue weighted by Gasteiger charge is -2.10. The van der Waals surface area contributed by atoms with Gasteiger partial charge in [0.15, 0.2) is 0 Å². The van der Waals surface area contributed by atoms with E-state index in [1.807, 2.05) is 63.5 Å². The number of benzene rings is 14. The van der Waals surface area contributed by atoms with E-state index < -0.39 is 0 Å². The molecule has 0 atom stereocenters. The van der Waals surface area contributed by atoms with Crippen molar-refractivity contribution in [3.63, 3.8) is 0 Å². The van der Waals surface area contributed by atoms with E-state index in [4.69, 9.17) is 0 Å². The zero-order valence-electron chi connectivity index (χ0n) is 49.0. The van der Waals surface area contributed by atoms with Crippen molar-refractivity contribution in [3.05, 3.63) is 318 Å². The molecule has 5 heterocycles. The maximum absolute atomic E-state index is 2.45. The lowest BCUT2D eigenvalue weighted by Crippen LogP contribution is -1.93. The van der Waals surface area contributed by atoms with Crippen molar-refractivity contribution in [2.24, 2.45) is 0 Å². The zero-order chi connectivity index (χ0) is 60.1. The summed E-state index contributed by atoms with van der Waals surface area (Å²) in [5.41, 5.74) is 19.6. The third-order valence-electron chi connectivity index (χ3n) is 18.3. The Hall–Kier alpha value is -9.51. The number of nitrogens with zero attached hydrogens (tertiary/aromatic N) is 1. The number of hydrogen-bond donors (Lipinski definition) is 0. The molecule has 14 aromatic carbocycles. The summed E-state index contributed by atoms with van der Waals surface area (Å²) in [6.07, 6.45) is 0.983. The number of thiophene rings is 4. The van der Waals surface area contributed by atoms with Crippen LogP contribution in [0.25, 0.3) is 164 Å². The molecule has 0 saturated carbocycles. The first-order chi connectivity index (χ1) is 45.0. The second-order valence-corrected chi connectivity index (χ2v) is 28.9. The average molecular weight is 1340 g/mol. The Balaban J connectivity index is 0.000000123. The van der Waals surface area contributed by atoms with Gasteiger partial charge in [-0.1, -0.05) is 243 Å². The Bertz CT molecular complexity index is 5750. The summed E-state index contributed by atoms with van der Waals surface area (Å²) >= 11 is 9.87. The molecule has 428 valence electrons. The van der Waals surface area contributed by atoms with Gasteiger partial charge in [-0.25, -0.2) is 0 Å². The van der Waals surface area contributed by atoms with Gasteiger partial charge in [0, 0.05) is 101 Å². The molecule has 0 radical (unpaired) electrons. The molecule has 20 rings (SSSR count). The fourth-order valence-electron chi connectivity index (χ4n) is 14.1. The van der Waals surface area contributed by atoms with Crippen molar-refractivity contribution in [2.45, 2.75) is 6.42 Å². The van der Waals surface area contributed by atoms with Crippen LogP contribution < -0.4 is 0 Å². The van der Waals surface area contributed by atoms with E-state index in [0.29, 0.717) is 0 Å².